The summed E-state index contributed by atoms with van der Waals surface area (Å²) in [7, 11) is 0. The van der Waals surface area contributed by atoms with E-state index < -0.39 is 24.0 Å². The van der Waals surface area contributed by atoms with Gasteiger partial charge in [-0.15, -0.1) is 0 Å². The van der Waals surface area contributed by atoms with Crippen molar-refractivity contribution in [2.45, 2.75) is 26.0 Å². The van der Waals surface area contributed by atoms with E-state index in [0.717, 1.165) is 11.1 Å². The van der Waals surface area contributed by atoms with Gasteiger partial charge in [0, 0.05) is 0 Å². The maximum absolute atomic E-state index is 12.5. The molecule has 0 radical (unpaired) electrons. The molecule has 1 heterocycles. The van der Waals surface area contributed by atoms with Crippen molar-refractivity contribution in [2.75, 3.05) is 6.61 Å². The molecule has 0 fully saturated rings. The van der Waals surface area contributed by atoms with Gasteiger partial charge in [-0.2, -0.15) is 0 Å². The Bertz CT molecular complexity index is 797. The number of para-hydroxylation sites is 2. The van der Waals surface area contributed by atoms with Crippen molar-refractivity contribution in [2.24, 2.45) is 0 Å². The summed E-state index contributed by atoms with van der Waals surface area (Å²) in [6, 6.07) is 11.3. The van der Waals surface area contributed by atoms with Gasteiger partial charge in [0.2, 0.25) is 6.10 Å². The van der Waals surface area contributed by atoms with Crippen LogP contribution in [-0.2, 0) is 9.59 Å². The maximum Gasteiger partial charge on any atom is 0.330 e. The van der Waals surface area contributed by atoms with Crippen LogP contribution in [0.1, 0.15) is 22.7 Å². The van der Waals surface area contributed by atoms with Gasteiger partial charge >= 0.3 is 5.97 Å². The summed E-state index contributed by atoms with van der Waals surface area (Å²) in [5.74, 6) is -0.626. The lowest BCUT2D eigenvalue weighted by Gasteiger charge is -2.27. The smallest absolute Gasteiger partial charge is 0.330 e. The van der Waals surface area contributed by atoms with E-state index in [1.54, 1.807) is 30.3 Å². The molecule has 2 N–H and O–H groups in total. The summed E-state index contributed by atoms with van der Waals surface area (Å²) in [5.41, 5.74) is 2.39. The standard InChI is InChI=1S/C19H19NO5/c1-11-7-12(2)9-13(8-11)17(19(22)23)20-18(21)16-10-24-14-5-3-4-6-15(14)25-16/h3-9,16-17H,10H2,1-2H3,(H,20,21)(H,22,23). The molecule has 0 aliphatic carbocycles. The van der Waals surface area contributed by atoms with Crippen LogP contribution in [0.15, 0.2) is 42.5 Å². The van der Waals surface area contributed by atoms with Gasteiger partial charge in [-0.25, -0.2) is 4.79 Å². The minimum absolute atomic E-state index is 0.0298. The van der Waals surface area contributed by atoms with Crippen molar-refractivity contribution in [1.29, 1.82) is 0 Å². The van der Waals surface area contributed by atoms with E-state index in [4.69, 9.17) is 9.47 Å². The first kappa shape index (κ1) is 16.8. The first-order valence-electron chi connectivity index (χ1n) is 7.94. The van der Waals surface area contributed by atoms with Crippen LogP contribution in [-0.4, -0.2) is 29.7 Å². The van der Waals surface area contributed by atoms with E-state index in [0.29, 0.717) is 17.1 Å². The van der Waals surface area contributed by atoms with Gasteiger partial charge in [-0.05, 0) is 31.5 Å². The minimum atomic E-state index is -1.15. The van der Waals surface area contributed by atoms with Crippen LogP contribution in [0.5, 0.6) is 11.5 Å². The van der Waals surface area contributed by atoms with Crippen LogP contribution in [0.25, 0.3) is 0 Å². The Morgan fingerprint density at radius 1 is 1.12 bits per heavy atom. The lowest BCUT2D eigenvalue weighted by Crippen LogP contribution is -2.46. The van der Waals surface area contributed by atoms with Gasteiger partial charge in [-0.1, -0.05) is 41.5 Å². The maximum atomic E-state index is 12.5. The number of amides is 1. The predicted octanol–water partition coefficient (Wildman–Crippen LogP) is 2.39. The van der Waals surface area contributed by atoms with Gasteiger partial charge in [-0.3, -0.25) is 4.79 Å². The number of aryl methyl sites for hydroxylation is 2. The summed E-state index contributed by atoms with van der Waals surface area (Å²) >= 11 is 0. The average molecular weight is 341 g/mol. The number of ether oxygens (including phenoxy) is 2. The summed E-state index contributed by atoms with van der Waals surface area (Å²) in [4.78, 5) is 24.1. The SMILES string of the molecule is Cc1cc(C)cc(C(NC(=O)C2COc3ccccc3O2)C(=O)O)c1. The molecule has 1 aliphatic rings. The number of carbonyl (C=O) groups is 2. The number of nitrogens with one attached hydrogen (secondary N) is 1. The molecule has 6 nitrogen and oxygen atoms in total. The number of hydrogen-bond acceptors (Lipinski definition) is 4. The van der Waals surface area contributed by atoms with Crippen LogP contribution < -0.4 is 14.8 Å². The van der Waals surface area contributed by atoms with Crippen molar-refractivity contribution in [1.82, 2.24) is 5.32 Å². The normalized spacial score (nSPS) is 16.8. The largest absolute Gasteiger partial charge is 0.485 e. The monoisotopic (exact) mass is 341 g/mol. The number of benzene rings is 2. The second kappa shape index (κ2) is 6.84. The van der Waals surface area contributed by atoms with Gasteiger partial charge in [0.15, 0.2) is 17.5 Å². The van der Waals surface area contributed by atoms with Crippen molar-refractivity contribution in [3.63, 3.8) is 0 Å². The number of carboxylic acid groups (broad SMARTS) is 1. The summed E-state index contributed by atoms with van der Waals surface area (Å²) < 4.78 is 11.1. The molecule has 25 heavy (non-hydrogen) atoms. The fourth-order valence-corrected chi connectivity index (χ4v) is 2.85. The van der Waals surface area contributed by atoms with E-state index in [1.165, 1.54) is 0 Å². The molecule has 6 heteroatoms. The zero-order valence-corrected chi connectivity index (χ0v) is 14.0. The molecule has 1 amide bonds. The van der Waals surface area contributed by atoms with Gasteiger partial charge in [0.1, 0.15) is 6.61 Å². The van der Waals surface area contributed by atoms with Crippen LogP contribution in [0, 0.1) is 13.8 Å². The lowest BCUT2D eigenvalue weighted by atomic mass is 10.0. The summed E-state index contributed by atoms with van der Waals surface area (Å²) in [6.45, 7) is 3.79. The highest BCUT2D eigenvalue weighted by molar-refractivity contribution is 5.87. The Morgan fingerprint density at radius 2 is 1.76 bits per heavy atom. The lowest BCUT2D eigenvalue weighted by molar-refractivity contribution is -0.143. The second-order valence-electron chi connectivity index (χ2n) is 6.07. The quantitative estimate of drug-likeness (QED) is 0.892. The Balaban J connectivity index is 1.77. The second-order valence-corrected chi connectivity index (χ2v) is 6.07. The van der Waals surface area contributed by atoms with Crippen molar-refractivity contribution in [3.8, 4) is 11.5 Å². The number of carbonyl (C=O) groups excluding carboxylic acids is 1. The summed E-state index contributed by atoms with van der Waals surface area (Å²) in [5, 5.41) is 12.1. The third-order valence-corrected chi connectivity index (χ3v) is 3.91. The zero-order chi connectivity index (χ0) is 18.0. The Hall–Kier alpha value is -3.02. The molecule has 0 bridgehead atoms. The first-order valence-corrected chi connectivity index (χ1v) is 7.94. The first-order chi connectivity index (χ1) is 11.9. The van der Waals surface area contributed by atoms with Crippen molar-refractivity contribution in [3.05, 3.63) is 59.2 Å². The Labute approximate surface area is 145 Å². The fourth-order valence-electron chi connectivity index (χ4n) is 2.85. The zero-order valence-electron chi connectivity index (χ0n) is 14.0. The molecular weight excluding hydrogens is 322 g/mol. The molecule has 1 aliphatic heterocycles. The topological polar surface area (TPSA) is 84.9 Å². The molecular formula is C19H19NO5. The van der Waals surface area contributed by atoms with Crippen LogP contribution >= 0.6 is 0 Å². The highest BCUT2D eigenvalue weighted by atomic mass is 16.6. The number of fused-ring (bicyclic) bond motifs is 1. The van der Waals surface area contributed by atoms with E-state index in [2.05, 4.69) is 5.32 Å². The third-order valence-electron chi connectivity index (χ3n) is 3.91. The van der Waals surface area contributed by atoms with E-state index in [1.807, 2.05) is 26.0 Å². The highest BCUT2D eigenvalue weighted by Gasteiger charge is 2.31. The molecule has 3 rings (SSSR count). The van der Waals surface area contributed by atoms with E-state index in [9.17, 15) is 14.7 Å². The van der Waals surface area contributed by atoms with E-state index >= 15 is 0 Å². The number of rotatable bonds is 4. The van der Waals surface area contributed by atoms with E-state index in [-0.39, 0.29) is 6.61 Å². The summed E-state index contributed by atoms with van der Waals surface area (Å²) in [6.07, 6.45) is -0.900. The third kappa shape index (κ3) is 3.74. The van der Waals surface area contributed by atoms with Gasteiger partial charge in [0.05, 0.1) is 0 Å². The molecule has 0 aromatic heterocycles. The predicted molar refractivity (Wildman–Crippen MR) is 90.8 cm³/mol. The van der Waals surface area contributed by atoms with Crippen LogP contribution in [0.3, 0.4) is 0 Å². The number of aliphatic carboxylic acids is 1. The molecule has 2 aromatic rings. The van der Waals surface area contributed by atoms with Crippen LogP contribution in [0.2, 0.25) is 0 Å². The molecule has 2 unspecified atom stereocenters. The molecule has 130 valence electrons. The van der Waals surface area contributed by atoms with Crippen molar-refractivity contribution < 1.29 is 24.2 Å². The Morgan fingerprint density at radius 3 is 2.40 bits per heavy atom. The Kier molecular flexibility index (Phi) is 4.61. The van der Waals surface area contributed by atoms with Crippen molar-refractivity contribution >= 4 is 11.9 Å². The molecule has 0 spiro atoms. The van der Waals surface area contributed by atoms with Gasteiger partial charge in [0.25, 0.3) is 5.91 Å². The minimum Gasteiger partial charge on any atom is -0.485 e. The van der Waals surface area contributed by atoms with Gasteiger partial charge < -0.3 is 19.9 Å². The molecule has 0 saturated heterocycles. The molecule has 2 aromatic carbocycles. The van der Waals surface area contributed by atoms with Crippen LogP contribution in [0.4, 0.5) is 0 Å². The fraction of sp³-hybridized carbons (Fsp3) is 0.263. The average Bonchev–Trinajstić information content (AvgIpc) is 2.57. The number of hydrogen-bond donors (Lipinski definition) is 2. The molecule has 0 saturated carbocycles. The highest BCUT2D eigenvalue weighted by Crippen LogP contribution is 2.31. The number of carboxylic acids is 1. The molecule has 2 atom stereocenters.